The van der Waals surface area contributed by atoms with Gasteiger partial charge in [0.15, 0.2) is 5.76 Å². The Labute approximate surface area is 275 Å². The van der Waals surface area contributed by atoms with Crippen molar-refractivity contribution in [1.82, 2.24) is 4.90 Å². The predicted octanol–water partition coefficient (Wildman–Crippen LogP) is 9.13. The highest BCUT2D eigenvalue weighted by Gasteiger charge is 2.35. The summed E-state index contributed by atoms with van der Waals surface area (Å²) in [5, 5.41) is 0. The van der Waals surface area contributed by atoms with Gasteiger partial charge in [-0.25, -0.2) is 4.79 Å². The van der Waals surface area contributed by atoms with Gasteiger partial charge in [0, 0.05) is 23.6 Å². The molecule has 6 rings (SSSR count). The van der Waals surface area contributed by atoms with Crippen LogP contribution >= 0.6 is 0 Å². The van der Waals surface area contributed by atoms with E-state index < -0.39 is 5.97 Å². The first kappa shape index (κ1) is 31.3. The average molecular weight is 624 g/mol. The third kappa shape index (κ3) is 7.25. The fourth-order valence-corrected chi connectivity index (χ4v) is 5.68. The zero-order chi connectivity index (χ0) is 32.6. The molecule has 4 aromatic carbocycles. The largest absolute Gasteiger partial charge is 0.462 e. The highest BCUT2D eigenvalue weighted by Crippen LogP contribution is 2.35. The van der Waals surface area contributed by atoms with Crippen LogP contribution in [0.3, 0.4) is 0 Å². The van der Waals surface area contributed by atoms with E-state index in [4.69, 9.17) is 14.5 Å². The lowest BCUT2D eigenvalue weighted by atomic mass is 9.91. The van der Waals surface area contributed by atoms with Crippen LogP contribution in [-0.4, -0.2) is 35.9 Å². The number of aliphatic imine (C=N–C) groups is 1. The Hall–Kier alpha value is -5.69. The van der Waals surface area contributed by atoms with E-state index in [1.165, 1.54) is 5.57 Å². The van der Waals surface area contributed by atoms with Crippen molar-refractivity contribution in [2.75, 3.05) is 18.1 Å². The molecule has 47 heavy (non-hydrogen) atoms. The van der Waals surface area contributed by atoms with Crippen LogP contribution in [0.25, 0.3) is 6.08 Å². The fourth-order valence-electron chi connectivity index (χ4n) is 5.68. The summed E-state index contributed by atoms with van der Waals surface area (Å²) in [6.07, 6.45) is 9.72. The number of allylic oxidation sites excluding steroid dienone is 3. The van der Waals surface area contributed by atoms with Gasteiger partial charge in [0.1, 0.15) is 0 Å². The number of anilines is 3. The number of nitrogens with zero attached hydrogens (tertiary/aromatic N) is 3. The summed E-state index contributed by atoms with van der Waals surface area (Å²) < 4.78 is 11.4. The Balaban J connectivity index is 1.31. The van der Waals surface area contributed by atoms with Crippen LogP contribution in [0.2, 0.25) is 0 Å². The Morgan fingerprint density at radius 2 is 1.55 bits per heavy atom. The first-order valence-corrected chi connectivity index (χ1v) is 15.9. The quantitative estimate of drug-likeness (QED) is 0.130. The summed E-state index contributed by atoms with van der Waals surface area (Å²) in [6, 6.07) is 35.4. The molecule has 1 atom stereocenters. The predicted molar refractivity (Wildman–Crippen MR) is 187 cm³/mol. The summed E-state index contributed by atoms with van der Waals surface area (Å²) in [5.74, 6) is -0.203. The number of para-hydroxylation sites is 3. The van der Waals surface area contributed by atoms with Crippen LogP contribution < -0.4 is 4.90 Å². The molecule has 1 fully saturated rings. The van der Waals surface area contributed by atoms with Crippen LogP contribution in [-0.2, 0) is 14.3 Å². The summed E-state index contributed by atoms with van der Waals surface area (Å²) >= 11 is 0. The molecule has 1 aliphatic heterocycles. The smallest absolute Gasteiger partial charge is 0.340 e. The number of carbonyl (C=O) groups excluding carboxylic acids is 2. The average Bonchev–Trinajstić information content (AvgIpc) is 3.39. The van der Waals surface area contributed by atoms with Crippen molar-refractivity contribution in [3.8, 4) is 0 Å². The Morgan fingerprint density at radius 3 is 2.21 bits per heavy atom. The molecule has 0 aromatic heterocycles. The van der Waals surface area contributed by atoms with Crippen molar-refractivity contribution in [1.29, 1.82) is 0 Å². The lowest BCUT2D eigenvalue weighted by molar-refractivity contribution is -0.122. The van der Waals surface area contributed by atoms with Gasteiger partial charge < -0.3 is 14.4 Å². The van der Waals surface area contributed by atoms with Crippen LogP contribution in [0.4, 0.5) is 22.7 Å². The van der Waals surface area contributed by atoms with Crippen molar-refractivity contribution in [2.45, 2.75) is 26.7 Å². The zero-order valence-electron chi connectivity index (χ0n) is 26.6. The number of amidine groups is 1. The maximum Gasteiger partial charge on any atom is 0.340 e. The van der Waals surface area contributed by atoms with E-state index in [1.54, 1.807) is 42.2 Å². The third-order valence-corrected chi connectivity index (χ3v) is 8.17. The number of ether oxygens (including phenoxy) is 2. The monoisotopic (exact) mass is 623 g/mol. The van der Waals surface area contributed by atoms with Crippen LogP contribution in [0.1, 0.15) is 42.6 Å². The molecule has 236 valence electrons. The molecule has 1 unspecified atom stereocenters. The van der Waals surface area contributed by atoms with E-state index in [0.29, 0.717) is 30.1 Å². The second-order valence-corrected chi connectivity index (χ2v) is 11.4. The van der Waals surface area contributed by atoms with Crippen LogP contribution in [0.15, 0.2) is 144 Å². The molecule has 0 bridgehead atoms. The highest BCUT2D eigenvalue weighted by molar-refractivity contribution is 6.12. The van der Waals surface area contributed by atoms with Crippen molar-refractivity contribution in [2.24, 2.45) is 10.9 Å². The van der Waals surface area contributed by atoms with Gasteiger partial charge in [0.25, 0.3) is 5.91 Å². The topological polar surface area (TPSA) is 71.4 Å². The molecule has 1 amide bonds. The molecule has 7 nitrogen and oxygen atoms in total. The maximum absolute atomic E-state index is 13.8. The Kier molecular flexibility index (Phi) is 9.73. The second kappa shape index (κ2) is 14.6. The lowest BCUT2D eigenvalue weighted by Gasteiger charge is -2.25. The summed E-state index contributed by atoms with van der Waals surface area (Å²) in [5.41, 5.74) is 5.81. The van der Waals surface area contributed by atoms with Crippen molar-refractivity contribution >= 4 is 46.7 Å². The van der Waals surface area contributed by atoms with Crippen molar-refractivity contribution in [3.05, 3.63) is 150 Å². The van der Waals surface area contributed by atoms with Crippen molar-refractivity contribution < 1.29 is 19.1 Å². The molecule has 4 aromatic rings. The number of hydrogen-bond donors (Lipinski definition) is 0. The molecule has 0 saturated carbocycles. The molecule has 1 saturated heterocycles. The van der Waals surface area contributed by atoms with Gasteiger partial charge in [-0.2, -0.15) is 4.99 Å². The molecule has 1 heterocycles. The molecule has 1 aliphatic carbocycles. The minimum Gasteiger partial charge on any atom is -0.462 e. The number of esters is 1. The second-order valence-electron chi connectivity index (χ2n) is 11.4. The molecule has 2 aliphatic rings. The van der Waals surface area contributed by atoms with Gasteiger partial charge in [-0.1, -0.05) is 91.4 Å². The van der Waals surface area contributed by atoms with Gasteiger partial charge in [-0.3, -0.25) is 9.69 Å². The van der Waals surface area contributed by atoms with E-state index in [1.807, 2.05) is 60.7 Å². The standard InChI is InChI=1S/C40H37N3O4/c1-3-46-39(45)35-20-12-13-21-36(35)41-40-42(27-26-31-15-11-10-14-29(31)2)38(44)37(47-40)28-30-22-24-34(25-23-30)43(32-16-6-4-7-17-32)33-18-8-5-9-19-33/h4-13,15-25,28-29H,3,14,26-27H2,1-2H3/b37-28+,41-40?. The lowest BCUT2D eigenvalue weighted by Crippen LogP contribution is -2.31. The zero-order valence-corrected chi connectivity index (χ0v) is 26.6. The first-order chi connectivity index (χ1) is 23.0. The van der Waals surface area contributed by atoms with Gasteiger partial charge in [-0.15, -0.1) is 0 Å². The van der Waals surface area contributed by atoms with Crippen LogP contribution in [0.5, 0.6) is 0 Å². The number of carbonyl (C=O) groups is 2. The molecule has 7 heteroatoms. The van der Waals surface area contributed by atoms with E-state index in [9.17, 15) is 9.59 Å². The number of benzene rings is 4. The van der Waals surface area contributed by atoms with Gasteiger partial charge in [-0.05, 0) is 85.9 Å². The van der Waals surface area contributed by atoms with Gasteiger partial charge in [0.2, 0.25) is 0 Å². The third-order valence-electron chi connectivity index (χ3n) is 8.17. The van der Waals surface area contributed by atoms with Gasteiger partial charge >= 0.3 is 12.0 Å². The Morgan fingerprint density at radius 1 is 0.915 bits per heavy atom. The number of rotatable bonds is 10. The minimum atomic E-state index is -0.479. The summed E-state index contributed by atoms with van der Waals surface area (Å²) in [4.78, 5) is 34.9. The highest BCUT2D eigenvalue weighted by atomic mass is 16.5. The summed E-state index contributed by atoms with van der Waals surface area (Å²) in [6.45, 7) is 4.58. The molecule has 0 N–H and O–H groups in total. The number of hydrogen-bond acceptors (Lipinski definition) is 6. The molecule has 0 spiro atoms. The molecular formula is C40H37N3O4. The molecule has 0 radical (unpaired) electrons. The Bertz CT molecular complexity index is 1800. The summed E-state index contributed by atoms with van der Waals surface area (Å²) in [7, 11) is 0. The van der Waals surface area contributed by atoms with E-state index in [0.717, 1.165) is 29.0 Å². The molecular weight excluding hydrogens is 586 g/mol. The van der Waals surface area contributed by atoms with E-state index in [2.05, 4.69) is 54.3 Å². The van der Waals surface area contributed by atoms with Crippen LogP contribution in [0, 0.1) is 5.92 Å². The van der Waals surface area contributed by atoms with E-state index >= 15 is 0 Å². The number of amides is 1. The van der Waals surface area contributed by atoms with Crippen molar-refractivity contribution in [3.63, 3.8) is 0 Å². The normalized spacial score (nSPS) is 17.5. The fraction of sp³-hybridized carbons (Fsp3) is 0.175. The minimum absolute atomic E-state index is 0.133. The SMILES string of the molecule is CCOC(=O)c1ccccc1N=C1O/C(=C/c2ccc(N(c3ccccc3)c3ccccc3)cc2)C(=O)N1CCC1=CC=CCC1C. The maximum atomic E-state index is 13.8. The first-order valence-electron chi connectivity index (χ1n) is 15.9. The van der Waals surface area contributed by atoms with E-state index in [-0.39, 0.29) is 24.3 Å². The van der Waals surface area contributed by atoms with Gasteiger partial charge in [0.05, 0.1) is 17.9 Å².